The number of phenolic OH excluding ortho intramolecular Hbond substituents is 1. The number of hydrogen-bond acceptors (Lipinski definition) is 6. The zero-order valence-electron chi connectivity index (χ0n) is 19.5. The van der Waals surface area contributed by atoms with Gasteiger partial charge in [-0.05, 0) is 77.8 Å². The summed E-state index contributed by atoms with van der Waals surface area (Å²) in [5.74, 6) is -0.552. The monoisotopic (exact) mass is 487 g/mol. The molecule has 1 fully saturated rings. The van der Waals surface area contributed by atoms with E-state index in [0.717, 1.165) is 29.7 Å². The van der Waals surface area contributed by atoms with Crippen LogP contribution in [-0.2, 0) is 4.79 Å². The number of aliphatic hydroxyl groups excluding tert-OH is 1. The molecular weight excluding hydrogens is 458 g/mol. The molecule has 4 unspecified atom stereocenters. The number of benzene rings is 3. The normalized spacial score (nSPS) is 18.4. The van der Waals surface area contributed by atoms with E-state index in [1.165, 1.54) is 29.7 Å². The number of phenols is 1. The molecule has 8 heteroatoms. The molecule has 0 aliphatic heterocycles. The van der Waals surface area contributed by atoms with Gasteiger partial charge in [0, 0.05) is 11.3 Å². The smallest absolute Gasteiger partial charge is 0.268 e. The summed E-state index contributed by atoms with van der Waals surface area (Å²) in [6, 6.07) is 19.0. The number of allylic oxidation sites excluding steroid dienone is 1. The van der Waals surface area contributed by atoms with Crippen molar-refractivity contribution in [2.45, 2.75) is 30.9 Å². The Balaban J connectivity index is 1.34. The molecule has 0 radical (unpaired) electrons. The number of carbonyl (C=O) groups is 2. The largest absolute Gasteiger partial charge is 0.508 e. The lowest BCUT2D eigenvalue weighted by molar-refractivity contribution is -0.134. The Hall–Kier alpha value is -4.14. The maximum Gasteiger partial charge on any atom is 0.268 e. The lowest BCUT2D eigenvalue weighted by atomic mass is 10.0. The molecule has 3 aromatic carbocycles. The van der Waals surface area contributed by atoms with Crippen LogP contribution in [0.2, 0.25) is 0 Å². The maximum atomic E-state index is 12.8. The first-order valence-electron chi connectivity index (χ1n) is 11.7. The number of aromatic hydroxyl groups is 1. The zero-order chi connectivity index (χ0) is 25.7. The Morgan fingerprint density at radius 1 is 1.00 bits per heavy atom. The fourth-order valence-electron chi connectivity index (χ4n) is 4.23. The highest BCUT2D eigenvalue weighted by Crippen LogP contribution is 2.49. The Labute approximate surface area is 209 Å². The molecular formula is C28H29N3O5. The highest BCUT2D eigenvalue weighted by molar-refractivity contribution is 5.97. The van der Waals surface area contributed by atoms with Crippen molar-refractivity contribution in [3.05, 3.63) is 101 Å². The fourth-order valence-corrected chi connectivity index (χ4v) is 4.23. The summed E-state index contributed by atoms with van der Waals surface area (Å²) < 4.78 is 0. The predicted molar refractivity (Wildman–Crippen MR) is 136 cm³/mol. The Morgan fingerprint density at radius 3 is 2.31 bits per heavy atom. The first-order valence-corrected chi connectivity index (χ1v) is 11.7. The number of rotatable bonds is 9. The molecule has 186 valence electrons. The van der Waals surface area contributed by atoms with E-state index in [-0.39, 0.29) is 5.75 Å². The lowest BCUT2D eigenvalue weighted by Crippen LogP contribution is -2.49. The minimum absolute atomic E-state index is 0.00559. The third-order valence-electron chi connectivity index (χ3n) is 6.44. The Morgan fingerprint density at radius 2 is 1.67 bits per heavy atom. The number of hydroxylamine groups is 1. The van der Waals surface area contributed by atoms with Crippen molar-refractivity contribution in [2.75, 3.05) is 5.73 Å². The molecule has 0 aromatic heterocycles. The average Bonchev–Trinajstić information content (AvgIpc) is 3.67. The van der Waals surface area contributed by atoms with Gasteiger partial charge in [0.1, 0.15) is 17.9 Å². The van der Waals surface area contributed by atoms with Gasteiger partial charge in [0.25, 0.3) is 11.8 Å². The molecule has 2 amide bonds. The van der Waals surface area contributed by atoms with Gasteiger partial charge in [0.15, 0.2) is 0 Å². The molecule has 4 rings (SSSR count). The quantitative estimate of drug-likeness (QED) is 0.155. The molecule has 0 saturated heterocycles. The minimum Gasteiger partial charge on any atom is -0.508 e. The number of nitrogen functional groups attached to an aromatic ring is 1. The van der Waals surface area contributed by atoms with Crippen LogP contribution in [0.5, 0.6) is 5.75 Å². The summed E-state index contributed by atoms with van der Waals surface area (Å²) in [4.78, 5) is 24.9. The number of nitrogens with one attached hydrogen (secondary N) is 2. The van der Waals surface area contributed by atoms with Crippen LogP contribution in [-0.4, -0.2) is 33.3 Å². The van der Waals surface area contributed by atoms with E-state index in [1.54, 1.807) is 12.1 Å². The van der Waals surface area contributed by atoms with Crippen molar-refractivity contribution in [3.63, 3.8) is 0 Å². The molecule has 0 bridgehead atoms. The van der Waals surface area contributed by atoms with Crippen LogP contribution in [0, 0.1) is 5.92 Å². The van der Waals surface area contributed by atoms with Gasteiger partial charge in [-0.1, -0.05) is 48.6 Å². The second kappa shape index (κ2) is 11.1. The summed E-state index contributed by atoms with van der Waals surface area (Å²) in [6.45, 7) is 0. The van der Waals surface area contributed by atoms with Crippen molar-refractivity contribution in [2.24, 2.45) is 5.92 Å². The lowest BCUT2D eigenvalue weighted by Gasteiger charge is -2.22. The topological polar surface area (TPSA) is 145 Å². The van der Waals surface area contributed by atoms with Crippen molar-refractivity contribution in [1.29, 1.82) is 0 Å². The molecule has 3 aromatic rings. The predicted octanol–water partition coefficient (Wildman–Crippen LogP) is 3.52. The van der Waals surface area contributed by atoms with Gasteiger partial charge in [-0.15, -0.1) is 0 Å². The van der Waals surface area contributed by atoms with Crippen molar-refractivity contribution >= 4 is 23.6 Å². The molecule has 1 saturated carbocycles. The molecule has 7 N–H and O–H groups in total. The number of amides is 2. The van der Waals surface area contributed by atoms with Gasteiger partial charge in [-0.2, -0.15) is 0 Å². The fraction of sp³-hybridized carbons (Fsp3) is 0.214. The van der Waals surface area contributed by atoms with E-state index < -0.39 is 24.0 Å². The zero-order valence-corrected chi connectivity index (χ0v) is 19.5. The van der Waals surface area contributed by atoms with Gasteiger partial charge >= 0.3 is 0 Å². The maximum absolute atomic E-state index is 12.8. The van der Waals surface area contributed by atoms with E-state index in [2.05, 4.69) is 17.5 Å². The highest BCUT2D eigenvalue weighted by atomic mass is 16.5. The van der Waals surface area contributed by atoms with E-state index in [4.69, 9.17) is 10.9 Å². The van der Waals surface area contributed by atoms with Crippen LogP contribution in [0.3, 0.4) is 0 Å². The van der Waals surface area contributed by atoms with E-state index in [9.17, 15) is 19.8 Å². The average molecular weight is 488 g/mol. The summed E-state index contributed by atoms with van der Waals surface area (Å²) >= 11 is 0. The second-order valence-corrected chi connectivity index (χ2v) is 8.99. The molecule has 8 nitrogen and oxygen atoms in total. The van der Waals surface area contributed by atoms with Crippen LogP contribution < -0.4 is 16.5 Å². The van der Waals surface area contributed by atoms with Crippen LogP contribution in [0.15, 0.2) is 78.9 Å². The molecule has 1 aliphatic rings. The van der Waals surface area contributed by atoms with Crippen LogP contribution >= 0.6 is 0 Å². The van der Waals surface area contributed by atoms with E-state index in [1.807, 2.05) is 36.4 Å². The summed E-state index contributed by atoms with van der Waals surface area (Å²) in [5, 5.41) is 31.6. The van der Waals surface area contributed by atoms with Gasteiger partial charge in [-0.25, -0.2) is 5.48 Å². The third kappa shape index (κ3) is 6.10. The number of hydrogen-bond donors (Lipinski definition) is 6. The highest BCUT2D eigenvalue weighted by Gasteiger charge is 2.37. The molecule has 0 heterocycles. The number of nitrogens with two attached hydrogens (primary N) is 1. The molecule has 36 heavy (non-hydrogen) atoms. The minimum atomic E-state index is -1.44. The summed E-state index contributed by atoms with van der Waals surface area (Å²) in [7, 11) is 0. The van der Waals surface area contributed by atoms with Gasteiger partial charge in [-0.3, -0.25) is 14.8 Å². The van der Waals surface area contributed by atoms with E-state index >= 15 is 0 Å². The Bertz CT molecular complexity index is 1220. The molecule has 0 spiro atoms. The number of aliphatic hydroxyl groups is 1. The first-order chi connectivity index (χ1) is 17.4. The number of anilines is 1. The SMILES string of the molecule is Nc1ccc(C=CCC2CC2c2ccc(C(=O)NC(C(=O)NO)C(O)c3ccc(O)cc3)cc2)cc1. The first kappa shape index (κ1) is 25.0. The van der Waals surface area contributed by atoms with Crippen molar-refractivity contribution in [1.82, 2.24) is 10.8 Å². The van der Waals surface area contributed by atoms with E-state index in [0.29, 0.717) is 23.0 Å². The number of carbonyl (C=O) groups excluding carboxylic acids is 2. The summed E-state index contributed by atoms with van der Waals surface area (Å²) in [6.07, 6.45) is 4.87. The van der Waals surface area contributed by atoms with Gasteiger partial charge < -0.3 is 21.3 Å². The van der Waals surface area contributed by atoms with Crippen molar-refractivity contribution < 1.29 is 25.0 Å². The van der Waals surface area contributed by atoms with Crippen molar-refractivity contribution in [3.8, 4) is 5.75 Å². The van der Waals surface area contributed by atoms with Gasteiger partial charge in [0.05, 0.1) is 0 Å². The van der Waals surface area contributed by atoms with Crippen LogP contribution in [0.1, 0.15) is 51.9 Å². The Kier molecular flexibility index (Phi) is 7.68. The van der Waals surface area contributed by atoms with Gasteiger partial charge in [0.2, 0.25) is 0 Å². The standard InChI is InChI=1S/C28H29N3O5/c29-22-12-4-17(5-13-22)2-1-3-21-16-24(21)18-6-8-20(9-7-18)27(34)30-25(28(35)31-36)26(33)19-10-14-23(32)15-11-19/h1-2,4-15,21,24-26,32-33,36H,3,16,29H2,(H,30,34)(H,31,35). The molecule has 4 atom stereocenters. The van der Waals surface area contributed by atoms with Crippen LogP contribution in [0.25, 0.3) is 6.08 Å². The second-order valence-electron chi connectivity index (χ2n) is 8.99. The van der Waals surface area contributed by atoms with Crippen LogP contribution in [0.4, 0.5) is 5.69 Å². The molecule has 1 aliphatic carbocycles. The third-order valence-corrected chi connectivity index (χ3v) is 6.44. The summed E-state index contributed by atoms with van der Waals surface area (Å²) in [5.41, 5.74) is 10.8.